The average Bonchev–Trinajstić information content (AvgIpc) is 3.03. The van der Waals surface area contributed by atoms with Crippen molar-refractivity contribution in [3.8, 4) is 5.75 Å². The second-order valence-electron chi connectivity index (χ2n) is 6.81. The topological polar surface area (TPSA) is 114 Å². The van der Waals surface area contributed by atoms with E-state index in [0.717, 1.165) is 0 Å². The van der Waals surface area contributed by atoms with Crippen molar-refractivity contribution in [2.45, 2.75) is 32.2 Å². The van der Waals surface area contributed by atoms with Crippen molar-refractivity contribution < 1.29 is 24.0 Å². The first kappa shape index (κ1) is 19.5. The van der Waals surface area contributed by atoms with Gasteiger partial charge in [-0.1, -0.05) is 38.1 Å². The van der Waals surface area contributed by atoms with Crippen molar-refractivity contribution in [3.05, 3.63) is 41.6 Å². The van der Waals surface area contributed by atoms with Gasteiger partial charge in [-0.15, -0.1) is 0 Å². The highest BCUT2D eigenvalue weighted by atomic mass is 16.5. The molecular formula is C18H23N3O5. The normalized spacial score (nSPS) is 12.5. The number of carbonyl (C=O) groups is 2. The number of hydrogen-bond donors (Lipinski definition) is 3. The molecule has 1 aromatic carbocycles. The van der Waals surface area contributed by atoms with Crippen molar-refractivity contribution in [2.75, 3.05) is 19.0 Å². The summed E-state index contributed by atoms with van der Waals surface area (Å²) < 4.78 is 9.86. The van der Waals surface area contributed by atoms with Gasteiger partial charge in [0.2, 0.25) is 11.8 Å². The van der Waals surface area contributed by atoms with Crippen molar-refractivity contribution in [3.63, 3.8) is 0 Å². The molecule has 0 spiro atoms. The number of rotatable bonds is 6. The lowest BCUT2D eigenvalue weighted by molar-refractivity contribution is -0.143. The highest BCUT2D eigenvalue weighted by Gasteiger charge is 2.23. The lowest BCUT2D eigenvalue weighted by Crippen LogP contribution is -2.35. The highest BCUT2D eigenvalue weighted by molar-refractivity contribution is 5.91. The van der Waals surface area contributed by atoms with Gasteiger partial charge in [0.15, 0.2) is 0 Å². The van der Waals surface area contributed by atoms with E-state index in [1.807, 2.05) is 20.8 Å². The number of ether oxygens (including phenoxy) is 1. The first-order chi connectivity index (χ1) is 12.2. The molecule has 0 radical (unpaired) electrons. The Kier molecular flexibility index (Phi) is 5.99. The molecule has 0 aliphatic heterocycles. The van der Waals surface area contributed by atoms with E-state index in [2.05, 4.69) is 15.8 Å². The van der Waals surface area contributed by atoms with Gasteiger partial charge in [-0.2, -0.15) is 0 Å². The minimum atomic E-state index is -0.891. The molecular weight excluding hydrogens is 338 g/mol. The van der Waals surface area contributed by atoms with Crippen LogP contribution in [-0.4, -0.2) is 35.8 Å². The molecule has 0 bridgehead atoms. The summed E-state index contributed by atoms with van der Waals surface area (Å²) in [6.45, 7) is 5.78. The minimum Gasteiger partial charge on any atom is -0.508 e. The number of amides is 1. The van der Waals surface area contributed by atoms with Crippen LogP contribution in [0.2, 0.25) is 0 Å². The predicted molar refractivity (Wildman–Crippen MR) is 94.7 cm³/mol. The molecule has 2 rings (SSSR count). The Hall–Kier alpha value is -2.87. The van der Waals surface area contributed by atoms with Crippen LogP contribution < -0.4 is 10.6 Å². The molecule has 26 heavy (non-hydrogen) atoms. The SMILES string of the molecule is COC(=O)C(NCC(=O)Nc1cc(C(C)(C)C)no1)c1cccc(O)c1. The average molecular weight is 361 g/mol. The molecule has 0 saturated carbocycles. The molecule has 0 saturated heterocycles. The number of carbonyl (C=O) groups excluding carboxylic acids is 2. The zero-order valence-electron chi connectivity index (χ0n) is 15.2. The molecule has 1 amide bonds. The van der Waals surface area contributed by atoms with Gasteiger partial charge < -0.3 is 14.4 Å². The number of esters is 1. The lowest BCUT2D eigenvalue weighted by Gasteiger charge is -2.16. The summed E-state index contributed by atoms with van der Waals surface area (Å²) in [6.07, 6.45) is 0. The Morgan fingerprint density at radius 1 is 1.31 bits per heavy atom. The van der Waals surface area contributed by atoms with E-state index >= 15 is 0 Å². The number of aromatic nitrogens is 1. The maximum Gasteiger partial charge on any atom is 0.327 e. The third-order valence-electron chi connectivity index (χ3n) is 3.65. The number of nitrogens with zero attached hydrogens (tertiary/aromatic N) is 1. The monoisotopic (exact) mass is 361 g/mol. The Bertz CT molecular complexity index is 779. The second kappa shape index (κ2) is 8.01. The van der Waals surface area contributed by atoms with E-state index in [1.54, 1.807) is 18.2 Å². The quantitative estimate of drug-likeness (QED) is 0.675. The van der Waals surface area contributed by atoms with Crippen molar-refractivity contribution in [1.29, 1.82) is 0 Å². The number of hydrogen-bond acceptors (Lipinski definition) is 7. The van der Waals surface area contributed by atoms with Gasteiger partial charge in [-0.25, -0.2) is 4.79 Å². The van der Waals surface area contributed by atoms with E-state index in [0.29, 0.717) is 11.3 Å². The fraction of sp³-hybridized carbons (Fsp3) is 0.389. The van der Waals surface area contributed by atoms with Crippen LogP contribution in [-0.2, 0) is 19.7 Å². The summed E-state index contributed by atoms with van der Waals surface area (Å²) in [5.74, 6) is -0.735. The van der Waals surface area contributed by atoms with Gasteiger partial charge in [-0.3, -0.25) is 15.4 Å². The maximum absolute atomic E-state index is 12.1. The fourth-order valence-corrected chi connectivity index (χ4v) is 2.22. The second-order valence-corrected chi connectivity index (χ2v) is 6.81. The summed E-state index contributed by atoms with van der Waals surface area (Å²) >= 11 is 0. The van der Waals surface area contributed by atoms with Crippen molar-refractivity contribution >= 4 is 17.8 Å². The standard InChI is InChI=1S/C18H23N3O5/c1-18(2,3)13-9-15(26-21-13)20-14(23)10-19-16(17(24)25-4)11-6-5-7-12(22)8-11/h5-9,16,19,22H,10H2,1-4H3,(H,20,23). The van der Waals surface area contributed by atoms with E-state index in [1.165, 1.54) is 19.2 Å². The molecule has 0 aliphatic rings. The number of aromatic hydroxyl groups is 1. The minimum absolute atomic E-state index is 0.0130. The van der Waals surface area contributed by atoms with Gasteiger partial charge in [-0.05, 0) is 17.7 Å². The van der Waals surface area contributed by atoms with Gasteiger partial charge in [0, 0.05) is 11.5 Å². The van der Waals surface area contributed by atoms with E-state index in [-0.39, 0.29) is 23.6 Å². The molecule has 8 nitrogen and oxygen atoms in total. The zero-order chi connectivity index (χ0) is 19.3. The molecule has 8 heteroatoms. The predicted octanol–water partition coefficient (Wildman–Crippen LogP) is 2.12. The van der Waals surface area contributed by atoms with Crippen LogP contribution >= 0.6 is 0 Å². The first-order valence-corrected chi connectivity index (χ1v) is 8.08. The molecule has 1 unspecified atom stereocenters. The van der Waals surface area contributed by atoms with Gasteiger partial charge in [0.1, 0.15) is 11.8 Å². The molecule has 0 aliphatic carbocycles. The van der Waals surface area contributed by atoms with Crippen LogP contribution in [0.15, 0.2) is 34.9 Å². The Balaban J connectivity index is 2.01. The van der Waals surface area contributed by atoms with Crippen molar-refractivity contribution in [2.24, 2.45) is 0 Å². The molecule has 1 aromatic heterocycles. The zero-order valence-corrected chi connectivity index (χ0v) is 15.2. The fourth-order valence-electron chi connectivity index (χ4n) is 2.22. The molecule has 3 N–H and O–H groups in total. The smallest absolute Gasteiger partial charge is 0.327 e. The van der Waals surface area contributed by atoms with Gasteiger partial charge in [0.05, 0.1) is 19.3 Å². The molecule has 0 fully saturated rings. The largest absolute Gasteiger partial charge is 0.508 e. The van der Waals surface area contributed by atoms with Crippen LogP contribution in [0.25, 0.3) is 0 Å². The van der Waals surface area contributed by atoms with Crippen LogP contribution in [0.4, 0.5) is 5.88 Å². The molecule has 2 aromatic rings. The van der Waals surface area contributed by atoms with E-state index in [4.69, 9.17) is 9.26 Å². The summed E-state index contributed by atoms with van der Waals surface area (Å²) in [5, 5.41) is 18.9. The van der Waals surface area contributed by atoms with Crippen LogP contribution in [0.5, 0.6) is 5.75 Å². The highest BCUT2D eigenvalue weighted by Crippen LogP contribution is 2.23. The van der Waals surface area contributed by atoms with Crippen LogP contribution in [0.1, 0.15) is 38.1 Å². The van der Waals surface area contributed by atoms with E-state index < -0.39 is 17.9 Å². The summed E-state index contributed by atoms with van der Waals surface area (Å²) in [5.41, 5.74) is 1.00. The third-order valence-corrected chi connectivity index (χ3v) is 3.65. The lowest BCUT2D eigenvalue weighted by atomic mass is 9.92. The molecule has 1 heterocycles. The van der Waals surface area contributed by atoms with Gasteiger partial charge in [0.25, 0.3) is 0 Å². The number of nitrogens with one attached hydrogen (secondary N) is 2. The Morgan fingerprint density at radius 3 is 2.62 bits per heavy atom. The number of methoxy groups -OCH3 is 1. The summed E-state index contributed by atoms with van der Waals surface area (Å²) in [7, 11) is 1.25. The first-order valence-electron chi connectivity index (χ1n) is 8.08. The molecule has 1 atom stereocenters. The maximum atomic E-state index is 12.1. The Labute approximate surface area is 151 Å². The Morgan fingerprint density at radius 2 is 2.04 bits per heavy atom. The summed E-state index contributed by atoms with van der Waals surface area (Å²) in [6, 6.07) is 6.94. The van der Waals surface area contributed by atoms with Crippen LogP contribution in [0.3, 0.4) is 0 Å². The number of anilines is 1. The number of phenols is 1. The van der Waals surface area contributed by atoms with Crippen molar-refractivity contribution in [1.82, 2.24) is 10.5 Å². The number of phenolic OH excluding ortho intramolecular Hbond substituents is 1. The molecule has 140 valence electrons. The van der Waals surface area contributed by atoms with Gasteiger partial charge >= 0.3 is 5.97 Å². The summed E-state index contributed by atoms with van der Waals surface area (Å²) in [4.78, 5) is 24.1. The van der Waals surface area contributed by atoms with Crippen LogP contribution in [0, 0.1) is 0 Å². The third kappa shape index (κ3) is 5.06. The van der Waals surface area contributed by atoms with E-state index in [9.17, 15) is 14.7 Å². The number of benzene rings is 1.